The van der Waals surface area contributed by atoms with Crippen LogP contribution in [0.25, 0.3) is 4.96 Å². The Morgan fingerprint density at radius 3 is 2.57 bits per heavy atom. The Morgan fingerprint density at radius 1 is 1.14 bits per heavy atom. The topological polar surface area (TPSA) is 69.1 Å². The van der Waals surface area contributed by atoms with E-state index in [1.54, 1.807) is 11.3 Å². The van der Waals surface area contributed by atoms with Gasteiger partial charge in [0.1, 0.15) is 5.01 Å². The fraction of sp³-hybridized carbons (Fsp3) is 0.800. The quantitative estimate of drug-likeness (QED) is 0.925. The summed E-state index contributed by atoms with van der Waals surface area (Å²) in [4.78, 5) is 0.912. The number of nitrogens with zero attached hydrogens (tertiary/aromatic N) is 4. The zero-order valence-electron chi connectivity index (χ0n) is 12.6. The maximum atomic E-state index is 6.66. The van der Waals surface area contributed by atoms with Gasteiger partial charge in [0, 0.05) is 5.92 Å². The van der Waals surface area contributed by atoms with E-state index in [9.17, 15) is 0 Å². The van der Waals surface area contributed by atoms with Gasteiger partial charge in [0.2, 0.25) is 4.96 Å². The standard InChI is InChI=1S/C15H23N5S/c1-10-6-8-15(16,9-7-10)13-19-20-12(11-4-2-3-5-11)17-18-14(20)21-13/h10-11H,2-9,16H2,1H3. The molecule has 0 amide bonds. The van der Waals surface area contributed by atoms with Crippen molar-refractivity contribution in [2.45, 2.75) is 69.7 Å². The Bertz CT molecular complexity index is 632. The molecule has 0 atom stereocenters. The van der Waals surface area contributed by atoms with Gasteiger partial charge < -0.3 is 5.73 Å². The summed E-state index contributed by atoms with van der Waals surface area (Å²) in [7, 11) is 0. The zero-order chi connectivity index (χ0) is 14.4. The predicted molar refractivity (Wildman–Crippen MR) is 83.4 cm³/mol. The largest absolute Gasteiger partial charge is 0.319 e. The van der Waals surface area contributed by atoms with Gasteiger partial charge in [-0.1, -0.05) is 31.1 Å². The van der Waals surface area contributed by atoms with Crippen molar-refractivity contribution < 1.29 is 0 Å². The summed E-state index contributed by atoms with van der Waals surface area (Å²) in [6.07, 6.45) is 9.52. The molecule has 0 unspecified atom stereocenters. The van der Waals surface area contributed by atoms with E-state index in [2.05, 4.69) is 17.1 Å². The summed E-state index contributed by atoms with van der Waals surface area (Å²) in [6, 6.07) is 0. The molecule has 0 aliphatic heterocycles. The van der Waals surface area contributed by atoms with Crippen LogP contribution in [0, 0.1) is 5.92 Å². The second-order valence-electron chi connectivity index (χ2n) is 6.98. The molecule has 0 saturated heterocycles. The maximum absolute atomic E-state index is 6.66. The molecule has 0 bridgehead atoms. The second-order valence-corrected chi connectivity index (χ2v) is 7.94. The summed E-state index contributed by atoms with van der Waals surface area (Å²) in [6.45, 7) is 2.32. The summed E-state index contributed by atoms with van der Waals surface area (Å²) in [5.74, 6) is 2.38. The Labute approximate surface area is 128 Å². The Morgan fingerprint density at radius 2 is 1.86 bits per heavy atom. The molecule has 0 radical (unpaired) electrons. The van der Waals surface area contributed by atoms with Gasteiger partial charge in [-0.15, -0.1) is 10.2 Å². The first-order chi connectivity index (χ1) is 10.2. The monoisotopic (exact) mass is 305 g/mol. The third kappa shape index (κ3) is 2.28. The Hall–Kier alpha value is -1.01. The molecule has 0 aromatic carbocycles. The maximum Gasteiger partial charge on any atom is 0.234 e. The van der Waals surface area contributed by atoms with Crippen molar-refractivity contribution in [2.24, 2.45) is 11.7 Å². The normalized spacial score (nSPS) is 31.2. The third-order valence-electron chi connectivity index (χ3n) is 5.33. The first kappa shape index (κ1) is 13.6. The smallest absolute Gasteiger partial charge is 0.234 e. The summed E-state index contributed by atoms with van der Waals surface area (Å²) < 4.78 is 1.97. The van der Waals surface area contributed by atoms with Gasteiger partial charge in [0.15, 0.2) is 5.82 Å². The number of fused-ring (bicyclic) bond motifs is 1. The molecule has 2 N–H and O–H groups in total. The summed E-state index contributed by atoms with van der Waals surface area (Å²) >= 11 is 1.64. The molecule has 2 aromatic rings. The molecule has 0 spiro atoms. The van der Waals surface area contributed by atoms with Crippen LogP contribution >= 0.6 is 11.3 Å². The van der Waals surface area contributed by atoms with Crippen LogP contribution in [0.2, 0.25) is 0 Å². The highest BCUT2D eigenvalue weighted by molar-refractivity contribution is 7.16. The molecule has 6 heteroatoms. The van der Waals surface area contributed by atoms with Gasteiger partial charge in [-0.3, -0.25) is 0 Å². The van der Waals surface area contributed by atoms with E-state index in [1.165, 1.54) is 38.5 Å². The van der Waals surface area contributed by atoms with Crippen molar-refractivity contribution in [3.63, 3.8) is 0 Å². The molecule has 21 heavy (non-hydrogen) atoms. The van der Waals surface area contributed by atoms with E-state index in [-0.39, 0.29) is 5.54 Å². The second kappa shape index (κ2) is 5.02. The highest BCUT2D eigenvalue weighted by Crippen LogP contribution is 2.40. The van der Waals surface area contributed by atoms with E-state index in [1.807, 2.05) is 4.52 Å². The molecular formula is C15H23N5S. The number of hydrogen-bond donors (Lipinski definition) is 1. The first-order valence-electron chi connectivity index (χ1n) is 8.17. The highest BCUT2D eigenvalue weighted by Gasteiger charge is 2.36. The molecule has 2 fully saturated rings. The number of nitrogens with two attached hydrogens (primary N) is 1. The zero-order valence-corrected chi connectivity index (χ0v) is 13.4. The van der Waals surface area contributed by atoms with E-state index < -0.39 is 0 Å². The van der Waals surface area contributed by atoms with Crippen LogP contribution in [-0.2, 0) is 5.54 Å². The molecule has 2 aliphatic carbocycles. The van der Waals surface area contributed by atoms with Gasteiger partial charge in [-0.05, 0) is 44.4 Å². The molecule has 2 heterocycles. The molecule has 114 valence electrons. The average Bonchev–Trinajstić information content (AvgIpc) is 3.16. The predicted octanol–water partition coefficient (Wildman–Crippen LogP) is 3.21. The van der Waals surface area contributed by atoms with Gasteiger partial charge >= 0.3 is 0 Å². The lowest BCUT2D eigenvalue weighted by molar-refractivity contribution is 0.245. The van der Waals surface area contributed by atoms with Crippen LogP contribution in [0.5, 0.6) is 0 Å². The lowest BCUT2D eigenvalue weighted by atomic mass is 9.78. The minimum atomic E-state index is -0.245. The van der Waals surface area contributed by atoms with Gasteiger partial charge in [-0.25, -0.2) is 0 Å². The summed E-state index contributed by atoms with van der Waals surface area (Å²) in [5, 5.41) is 14.6. The Balaban J connectivity index is 1.67. The first-order valence-corrected chi connectivity index (χ1v) is 8.99. The van der Waals surface area contributed by atoms with Crippen molar-refractivity contribution in [1.82, 2.24) is 19.8 Å². The van der Waals surface area contributed by atoms with Crippen LogP contribution in [0.4, 0.5) is 0 Å². The van der Waals surface area contributed by atoms with Crippen LogP contribution < -0.4 is 5.73 Å². The fourth-order valence-corrected chi connectivity index (χ4v) is 4.77. The van der Waals surface area contributed by atoms with Crippen molar-refractivity contribution in [3.8, 4) is 0 Å². The van der Waals surface area contributed by atoms with Crippen molar-refractivity contribution >= 4 is 16.3 Å². The average molecular weight is 305 g/mol. The fourth-order valence-electron chi connectivity index (χ4n) is 3.76. The highest BCUT2D eigenvalue weighted by atomic mass is 32.1. The number of aromatic nitrogens is 4. The summed E-state index contributed by atoms with van der Waals surface area (Å²) in [5.41, 5.74) is 6.41. The minimum Gasteiger partial charge on any atom is -0.319 e. The van der Waals surface area contributed by atoms with Crippen LogP contribution in [0.15, 0.2) is 0 Å². The van der Waals surface area contributed by atoms with Crippen molar-refractivity contribution in [3.05, 3.63) is 10.8 Å². The van der Waals surface area contributed by atoms with Gasteiger partial charge in [0.25, 0.3) is 0 Å². The molecule has 2 saturated carbocycles. The third-order valence-corrected chi connectivity index (χ3v) is 6.45. The van der Waals surface area contributed by atoms with E-state index in [0.29, 0.717) is 5.92 Å². The van der Waals surface area contributed by atoms with Gasteiger partial charge in [-0.2, -0.15) is 9.61 Å². The number of rotatable bonds is 2. The molecular weight excluding hydrogens is 282 g/mol. The van der Waals surface area contributed by atoms with Crippen molar-refractivity contribution in [1.29, 1.82) is 0 Å². The molecule has 2 aliphatic rings. The molecule has 4 rings (SSSR count). The van der Waals surface area contributed by atoms with E-state index >= 15 is 0 Å². The van der Waals surface area contributed by atoms with Crippen LogP contribution in [0.3, 0.4) is 0 Å². The van der Waals surface area contributed by atoms with Crippen LogP contribution in [0.1, 0.15) is 75.0 Å². The van der Waals surface area contributed by atoms with E-state index in [4.69, 9.17) is 10.8 Å². The molecule has 2 aromatic heterocycles. The lowest BCUT2D eigenvalue weighted by Gasteiger charge is -2.33. The van der Waals surface area contributed by atoms with Crippen LogP contribution in [-0.4, -0.2) is 19.8 Å². The van der Waals surface area contributed by atoms with E-state index in [0.717, 1.165) is 34.6 Å². The van der Waals surface area contributed by atoms with Gasteiger partial charge in [0.05, 0.1) is 5.54 Å². The Kier molecular flexibility index (Phi) is 3.26. The minimum absolute atomic E-state index is 0.245. The SMILES string of the molecule is CC1CCC(N)(c2nn3c(C4CCCC4)nnc3s2)CC1. The molecule has 5 nitrogen and oxygen atoms in total. The van der Waals surface area contributed by atoms with Crippen molar-refractivity contribution in [2.75, 3.05) is 0 Å². The lowest BCUT2D eigenvalue weighted by Crippen LogP contribution is -2.40. The number of hydrogen-bond acceptors (Lipinski definition) is 5.